The van der Waals surface area contributed by atoms with Crippen LogP contribution >= 0.6 is 0 Å². The van der Waals surface area contributed by atoms with Gasteiger partial charge in [0.2, 0.25) is 0 Å². The van der Waals surface area contributed by atoms with Crippen molar-refractivity contribution in [3.8, 4) is 0 Å². The number of anilines is 1. The predicted molar refractivity (Wildman–Crippen MR) is 62.8 cm³/mol. The van der Waals surface area contributed by atoms with Crippen molar-refractivity contribution < 1.29 is 0 Å². The summed E-state index contributed by atoms with van der Waals surface area (Å²) in [5.74, 6) is 1.63. The molecule has 4 heteroatoms. The van der Waals surface area contributed by atoms with Crippen LogP contribution in [0.3, 0.4) is 0 Å². The van der Waals surface area contributed by atoms with Gasteiger partial charge in [0.05, 0.1) is 5.54 Å². The molecule has 1 rings (SSSR count). The van der Waals surface area contributed by atoms with Crippen LogP contribution in [-0.4, -0.2) is 22.1 Å². The monoisotopic (exact) mass is 208 g/mol. The summed E-state index contributed by atoms with van der Waals surface area (Å²) >= 11 is 0. The van der Waals surface area contributed by atoms with E-state index in [0.717, 1.165) is 24.5 Å². The number of aromatic nitrogens is 2. The molecule has 1 aromatic heterocycles. The highest BCUT2D eigenvalue weighted by Gasteiger charge is 2.24. The van der Waals surface area contributed by atoms with Crippen molar-refractivity contribution in [1.82, 2.24) is 9.97 Å². The summed E-state index contributed by atoms with van der Waals surface area (Å²) < 4.78 is 0. The molecule has 1 heterocycles. The van der Waals surface area contributed by atoms with Gasteiger partial charge in [0.25, 0.3) is 0 Å². The minimum absolute atomic E-state index is 0.0409. The van der Waals surface area contributed by atoms with Crippen LogP contribution in [0, 0.1) is 6.92 Å². The van der Waals surface area contributed by atoms with Gasteiger partial charge in [0.1, 0.15) is 11.6 Å². The molecular formula is C11H20N4. The Bertz CT molecular complexity index is 299. The lowest BCUT2D eigenvalue weighted by atomic mass is 9.93. The number of hydrogen-bond donors (Lipinski definition) is 2. The molecule has 15 heavy (non-hydrogen) atoms. The van der Waals surface area contributed by atoms with Crippen molar-refractivity contribution in [2.24, 2.45) is 5.73 Å². The Hall–Kier alpha value is -1.16. The first-order valence-electron chi connectivity index (χ1n) is 5.43. The van der Waals surface area contributed by atoms with Gasteiger partial charge in [-0.3, -0.25) is 0 Å². The van der Waals surface area contributed by atoms with E-state index in [1.807, 2.05) is 13.0 Å². The molecule has 0 aliphatic rings. The highest BCUT2D eigenvalue weighted by molar-refractivity contribution is 5.36. The molecule has 0 atom stereocenters. The maximum Gasteiger partial charge on any atom is 0.130 e. The van der Waals surface area contributed by atoms with Crippen molar-refractivity contribution in [2.45, 2.75) is 39.2 Å². The van der Waals surface area contributed by atoms with Crippen LogP contribution in [-0.2, 0) is 0 Å². The molecular weight excluding hydrogens is 188 g/mol. The van der Waals surface area contributed by atoms with E-state index >= 15 is 0 Å². The molecule has 0 aromatic carbocycles. The van der Waals surface area contributed by atoms with Crippen LogP contribution in [0.2, 0.25) is 0 Å². The first-order valence-corrected chi connectivity index (χ1v) is 5.43. The van der Waals surface area contributed by atoms with E-state index in [-0.39, 0.29) is 5.54 Å². The lowest BCUT2D eigenvalue weighted by Crippen LogP contribution is -2.44. The van der Waals surface area contributed by atoms with Crippen molar-refractivity contribution >= 4 is 5.82 Å². The van der Waals surface area contributed by atoms with Crippen LogP contribution in [0.5, 0.6) is 0 Å². The van der Waals surface area contributed by atoms with Crippen molar-refractivity contribution in [1.29, 1.82) is 0 Å². The van der Waals surface area contributed by atoms with Crippen LogP contribution in [0.1, 0.15) is 32.5 Å². The van der Waals surface area contributed by atoms with E-state index < -0.39 is 0 Å². The zero-order chi connectivity index (χ0) is 11.3. The van der Waals surface area contributed by atoms with E-state index in [1.54, 1.807) is 6.20 Å². The molecule has 0 spiro atoms. The van der Waals surface area contributed by atoms with E-state index in [9.17, 15) is 0 Å². The number of nitrogens with two attached hydrogens (primary N) is 1. The molecule has 0 amide bonds. The quantitative estimate of drug-likeness (QED) is 0.773. The van der Waals surface area contributed by atoms with Crippen molar-refractivity contribution in [3.63, 3.8) is 0 Å². The summed E-state index contributed by atoms with van der Waals surface area (Å²) in [5.41, 5.74) is 5.77. The SMILES string of the molecule is CCC(CC)(CN)Nc1ccnc(C)n1. The summed E-state index contributed by atoms with van der Waals surface area (Å²) in [7, 11) is 0. The minimum Gasteiger partial charge on any atom is -0.363 e. The molecule has 3 N–H and O–H groups in total. The van der Waals surface area contributed by atoms with Crippen LogP contribution in [0.25, 0.3) is 0 Å². The number of hydrogen-bond acceptors (Lipinski definition) is 4. The second kappa shape index (κ2) is 5.07. The number of nitrogens with zero attached hydrogens (tertiary/aromatic N) is 2. The Balaban J connectivity index is 2.82. The van der Waals surface area contributed by atoms with Gasteiger partial charge >= 0.3 is 0 Å². The number of rotatable bonds is 5. The Morgan fingerprint density at radius 2 is 2.07 bits per heavy atom. The Kier molecular flexibility index (Phi) is 4.03. The van der Waals surface area contributed by atoms with Gasteiger partial charge in [0, 0.05) is 12.7 Å². The Morgan fingerprint density at radius 1 is 1.40 bits per heavy atom. The van der Waals surface area contributed by atoms with Gasteiger partial charge in [-0.1, -0.05) is 13.8 Å². The standard InChI is InChI=1S/C11H20N4/c1-4-11(5-2,8-12)15-10-6-7-13-9(3)14-10/h6-7H,4-5,8,12H2,1-3H3,(H,13,14,15). The summed E-state index contributed by atoms with van der Waals surface area (Å²) in [5, 5.41) is 3.41. The molecule has 0 unspecified atom stereocenters. The number of aryl methyl sites for hydroxylation is 1. The molecule has 84 valence electrons. The molecule has 0 bridgehead atoms. The smallest absolute Gasteiger partial charge is 0.130 e. The first kappa shape index (κ1) is 11.9. The molecule has 0 saturated heterocycles. The maximum atomic E-state index is 5.81. The van der Waals surface area contributed by atoms with Gasteiger partial charge in [-0.05, 0) is 25.8 Å². The van der Waals surface area contributed by atoms with E-state index in [2.05, 4.69) is 29.1 Å². The Morgan fingerprint density at radius 3 is 2.53 bits per heavy atom. The van der Waals surface area contributed by atoms with Crippen LogP contribution in [0.4, 0.5) is 5.82 Å². The molecule has 0 radical (unpaired) electrons. The third kappa shape index (κ3) is 2.89. The average Bonchev–Trinajstić information content (AvgIpc) is 2.26. The summed E-state index contributed by atoms with van der Waals surface area (Å²) in [6, 6.07) is 1.88. The zero-order valence-electron chi connectivity index (χ0n) is 9.75. The van der Waals surface area contributed by atoms with Crippen molar-refractivity contribution in [2.75, 3.05) is 11.9 Å². The second-order valence-corrected chi connectivity index (χ2v) is 3.81. The van der Waals surface area contributed by atoms with E-state index in [0.29, 0.717) is 6.54 Å². The van der Waals surface area contributed by atoms with Crippen LogP contribution in [0.15, 0.2) is 12.3 Å². The molecule has 0 aliphatic carbocycles. The topological polar surface area (TPSA) is 63.8 Å². The van der Waals surface area contributed by atoms with Gasteiger partial charge in [-0.15, -0.1) is 0 Å². The van der Waals surface area contributed by atoms with Gasteiger partial charge in [0.15, 0.2) is 0 Å². The summed E-state index contributed by atoms with van der Waals surface area (Å²) in [6.45, 7) is 6.77. The van der Waals surface area contributed by atoms with Gasteiger partial charge in [-0.2, -0.15) is 0 Å². The first-order chi connectivity index (χ1) is 7.15. The maximum absolute atomic E-state index is 5.81. The molecule has 0 aliphatic heterocycles. The fraction of sp³-hybridized carbons (Fsp3) is 0.636. The highest BCUT2D eigenvalue weighted by Crippen LogP contribution is 2.19. The fourth-order valence-corrected chi connectivity index (χ4v) is 1.56. The largest absolute Gasteiger partial charge is 0.363 e. The van der Waals surface area contributed by atoms with Crippen molar-refractivity contribution in [3.05, 3.63) is 18.1 Å². The Labute approximate surface area is 91.3 Å². The lowest BCUT2D eigenvalue weighted by molar-refractivity contribution is 0.443. The molecule has 0 fully saturated rings. The molecule has 1 aromatic rings. The van der Waals surface area contributed by atoms with Gasteiger partial charge < -0.3 is 11.1 Å². The fourth-order valence-electron chi connectivity index (χ4n) is 1.56. The van der Waals surface area contributed by atoms with Gasteiger partial charge in [-0.25, -0.2) is 9.97 Å². The third-order valence-corrected chi connectivity index (χ3v) is 2.91. The summed E-state index contributed by atoms with van der Waals surface area (Å²) in [4.78, 5) is 8.39. The molecule has 0 saturated carbocycles. The molecule has 4 nitrogen and oxygen atoms in total. The van der Waals surface area contributed by atoms with E-state index in [4.69, 9.17) is 5.73 Å². The predicted octanol–water partition coefficient (Wildman–Crippen LogP) is 1.71. The summed E-state index contributed by atoms with van der Waals surface area (Å²) in [6.07, 6.45) is 3.74. The van der Waals surface area contributed by atoms with Crippen LogP contribution < -0.4 is 11.1 Å². The lowest BCUT2D eigenvalue weighted by Gasteiger charge is -2.32. The third-order valence-electron chi connectivity index (χ3n) is 2.91. The minimum atomic E-state index is -0.0409. The van der Waals surface area contributed by atoms with E-state index in [1.165, 1.54) is 0 Å². The second-order valence-electron chi connectivity index (χ2n) is 3.81. The highest BCUT2D eigenvalue weighted by atomic mass is 15.1. The average molecular weight is 208 g/mol. The normalized spacial score (nSPS) is 11.5. The number of nitrogens with one attached hydrogen (secondary N) is 1. The zero-order valence-corrected chi connectivity index (χ0v) is 9.75.